The molecule has 3 rings (SSSR count). The minimum atomic E-state index is 0.814. The lowest BCUT2D eigenvalue weighted by molar-refractivity contribution is 0.688. The minimum Gasteiger partial charge on any atom is -0.302 e. The third kappa shape index (κ3) is 4.02. The summed E-state index contributed by atoms with van der Waals surface area (Å²) in [6, 6.07) is 17.1. The minimum absolute atomic E-state index is 0.814. The zero-order valence-corrected chi connectivity index (χ0v) is 14.6. The highest BCUT2D eigenvalue weighted by atomic mass is 32.2. The number of benzene rings is 2. The van der Waals surface area contributed by atoms with Crippen molar-refractivity contribution in [2.75, 3.05) is 0 Å². The Balaban J connectivity index is 1.76. The van der Waals surface area contributed by atoms with Gasteiger partial charge in [0, 0.05) is 5.75 Å². The van der Waals surface area contributed by atoms with Crippen LogP contribution < -0.4 is 0 Å². The van der Waals surface area contributed by atoms with Gasteiger partial charge in [-0.25, -0.2) is 0 Å². The van der Waals surface area contributed by atoms with Crippen molar-refractivity contribution < 1.29 is 0 Å². The van der Waals surface area contributed by atoms with Crippen molar-refractivity contribution in [1.82, 2.24) is 14.8 Å². The van der Waals surface area contributed by atoms with E-state index in [1.165, 1.54) is 22.3 Å². The normalized spacial score (nSPS) is 10.9. The molecule has 0 saturated heterocycles. The maximum Gasteiger partial charge on any atom is 0.191 e. The second kappa shape index (κ2) is 7.01. The third-order valence-electron chi connectivity index (χ3n) is 3.73. The predicted molar refractivity (Wildman–Crippen MR) is 95.8 cm³/mol. The van der Waals surface area contributed by atoms with Gasteiger partial charge >= 0.3 is 0 Å². The average molecular weight is 323 g/mol. The lowest BCUT2D eigenvalue weighted by atomic mass is 10.1. The molecular weight excluding hydrogens is 302 g/mol. The Hall–Kier alpha value is -2.07. The number of thioether (sulfide) groups is 1. The lowest BCUT2D eigenvalue weighted by Crippen LogP contribution is -2.03. The fraction of sp³-hybridized carbons (Fsp3) is 0.263. The number of aryl methyl sites for hydroxylation is 3. The molecule has 0 aliphatic rings. The summed E-state index contributed by atoms with van der Waals surface area (Å²) in [5.74, 6) is 1.87. The molecule has 2 aromatic carbocycles. The van der Waals surface area contributed by atoms with Gasteiger partial charge in [-0.15, -0.1) is 10.2 Å². The van der Waals surface area contributed by atoms with E-state index in [1.807, 2.05) is 13.0 Å². The molecule has 0 amide bonds. The maximum atomic E-state index is 4.35. The molecule has 3 nitrogen and oxygen atoms in total. The molecule has 4 heteroatoms. The van der Waals surface area contributed by atoms with E-state index in [-0.39, 0.29) is 0 Å². The van der Waals surface area contributed by atoms with Gasteiger partial charge in [-0.1, -0.05) is 71.4 Å². The van der Waals surface area contributed by atoms with Crippen molar-refractivity contribution in [1.29, 1.82) is 0 Å². The number of hydrogen-bond acceptors (Lipinski definition) is 3. The summed E-state index contributed by atoms with van der Waals surface area (Å²) in [5, 5.41) is 9.58. The monoisotopic (exact) mass is 323 g/mol. The van der Waals surface area contributed by atoms with Gasteiger partial charge in [-0.05, 0) is 31.9 Å². The largest absolute Gasteiger partial charge is 0.302 e. The molecule has 1 aromatic heterocycles. The van der Waals surface area contributed by atoms with E-state index < -0.39 is 0 Å². The van der Waals surface area contributed by atoms with Gasteiger partial charge in [-0.2, -0.15) is 0 Å². The summed E-state index contributed by atoms with van der Waals surface area (Å²) in [6.45, 7) is 7.11. The first-order chi connectivity index (χ1) is 11.1. The molecule has 1 heterocycles. The molecular formula is C19H21N3S. The van der Waals surface area contributed by atoms with Crippen molar-refractivity contribution in [3.05, 3.63) is 76.6 Å². The van der Waals surface area contributed by atoms with Crippen LogP contribution in [0.5, 0.6) is 0 Å². The zero-order valence-electron chi connectivity index (χ0n) is 13.8. The molecule has 23 heavy (non-hydrogen) atoms. The summed E-state index contributed by atoms with van der Waals surface area (Å²) in [5.41, 5.74) is 5.22. The van der Waals surface area contributed by atoms with Crippen LogP contribution in [0, 0.1) is 20.8 Å². The Morgan fingerprint density at radius 3 is 2.26 bits per heavy atom. The van der Waals surface area contributed by atoms with E-state index in [0.717, 1.165) is 23.3 Å². The molecule has 0 radical (unpaired) electrons. The van der Waals surface area contributed by atoms with Gasteiger partial charge in [0.05, 0.1) is 6.54 Å². The molecule has 3 aromatic rings. The Labute approximate surface area is 141 Å². The predicted octanol–water partition coefficient (Wildman–Crippen LogP) is 4.54. The Bertz CT molecular complexity index is 773. The molecule has 0 fully saturated rings. The summed E-state index contributed by atoms with van der Waals surface area (Å²) >= 11 is 1.75. The van der Waals surface area contributed by atoms with E-state index in [2.05, 4.69) is 71.1 Å². The summed E-state index contributed by atoms with van der Waals surface area (Å²) < 4.78 is 2.18. The Kier molecular flexibility index (Phi) is 4.82. The van der Waals surface area contributed by atoms with Gasteiger partial charge in [0.1, 0.15) is 5.82 Å². The first-order valence-electron chi connectivity index (χ1n) is 7.75. The smallest absolute Gasteiger partial charge is 0.191 e. The standard InChI is InChI=1S/C19H21N3S/c1-14-9-15(2)11-18(10-14)13-23-19-21-20-16(3)22(19)12-17-7-5-4-6-8-17/h4-11H,12-13H2,1-3H3. The van der Waals surface area contributed by atoms with Gasteiger partial charge in [0.25, 0.3) is 0 Å². The quantitative estimate of drug-likeness (QED) is 0.646. The number of nitrogens with zero attached hydrogens (tertiary/aromatic N) is 3. The molecule has 0 saturated carbocycles. The molecule has 0 unspecified atom stereocenters. The van der Waals surface area contributed by atoms with E-state index >= 15 is 0 Å². The van der Waals surface area contributed by atoms with Gasteiger partial charge in [-0.3, -0.25) is 0 Å². The fourth-order valence-corrected chi connectivity index (χ4v) is 3.63. The SMILES string of the molecule is Cc1cc(C)cc(CSc2nnc(C)n2Cc2ccccc2)c1. The first kappa shape index (κ1) is 15.8. The molecule has 118 valence electrons. The second-order valence-electron chi connectivity index (χ2n) is 5.89. The van der Waals surface area contributed by atoms with E-state index in [9.17, 15) is 0 Å². The Morgan fingerprint density at radius 1 is 0.870 bits per heavy atom. The lowest BCUT2D eigenvalue weighted by Gasteiger charge is -2.09. The molecule has 0 spiro atoms. The fourth-order valence-electron chi connectivity index (χ4n) is 2.72. The van der Waals surface area contributed by atoms with Crippen LogP contribution in [0.3, 0.4) is 0 Å². The number of rotatable bonds is 5. The van der Waals surface area contributed by atoms with Crippen molar-refractivity contribution in [3.8, 4) is 0 Å². The molecule has 0 bridgehead atoms. The van der Waals surface area contributed by atoms with Gasteiger partial charge in [0.2, 0.25) is 0 Å². The van der Waals surface area contributed by atoms with Crippen molar-refractivity contribution >= 4 is 11.8 Å². The molecule has 0 aliphatic heterocycles. The van der Waals surface area contributed by atoms with Crippen molar-refractivity contribution in [2.45, 2.75) is 38.2 Å². The second-order valence-corrected chi connectivity index (χ2v) is 6.83. The van der Waals surface area contributed by atoms with Crippen LogP contribution in [0.4, 0.5) is 0 Å². The molecule has 0 aliphatic carbocycles. The summed E-state index contributed by atoms with van der Waals surface area (Å²) in [4.78, 5) is 0. The highest BCUT2D eigenvalue weighted by molar-refractivity contribution is 7.98. The average Bonchev–Trinajstić information content (AvgIpc) is 2.86. The first-order valence-corrected chi connectivity index (χ1v) is 8.74. The summed E-state index contributed by atoms with van der Waals surface area (Å²) in [7, 11) is 0. The summed E-state index contributed by atoms with van der Waals surface area (Å²) in [6.07, 6.45) is 0. The van der Waals surface area contributed by atoms with Crippen molar-refractivity contribution in [2.24, 2.45) is 0 Å². The van der Waals surface area contributed by atoms with Gasteiger partial charge < -0.3 is 4.57 Å². The number of hydrogen-bond donors (Lipinski definition) is 0. The Morgan fingerprint density at radius 2 is 1.57 bits per heavy atom. The highest BCUT2D eigenvalue weighted by Gasteiger charge is 2.10. The zero-order chi connectivity index (χ0) is 16.2. The maximum absolute atomic E-state index is 4.35. The van der Waals surface area contributed by atoms with Crippen LogP contribution >= 0.6 is 11.8 Å². The van der Waals surface area contributed by atoms with Crippen molar-refractivity contribution in [3.63, 3.8) is 0 Å². The van der Waals surface area contributed by atoms with E-state index in [0.29, 0.717) is 0 Å². The molecule has 0 N–H and O–H groups in total. The van der Waals surface area contributed by atoms with Crippen LogP contribution in [0.15, 0.2) is 53.7 Å². The van der Waals surface area contributed by atoms with E-state index in [1.54, 1.807) is 11.8 Å². The third-order valence-corrected chi connectivity index (χ3v) is 4.77. The van der Waals surface area contributed by atoms with Crippen LogP contribution in [0.2, 0.25) is 0 Å². The van der Waals surface area contributed by atoms with E-state index in [4.69, 9.17) is 0 Å². The molecule has 0 atom stereocenters. The van der Waals surface area contributed by atoms with Crippen LogP contribution in [0.1, 0.15) is 28.1 Å². The van der Waals surface area contributed by atoms with Crippen LogP contribution in [0.25, 0.3) is 0 Å². The number of aromatic nitrogens is 3. The van der Waals surface area contributed by atoms with Crippen LogP contribution in [-0.2, 0) is 12.3 Å². The van der Waals surface area contributed by atoms with Gasteiger partial charge in [0.15, 0.2) is 5.16 Å². The van der Waals surface area contributed by atoms with Crippen LogP contribution in [-0.4, -0.2) is 14.8 Å². The topological polar surface area (TPSA) is 30.7 Å². The highest BCUT2D eigenvalue weighted by Crippen LogP contribution is 2.24.